The lowest BCUT2D eigenvalue weighted by atomic mass is 9.64. The molecule has 6 aromatic carbocycles. The molecule has 1 aliphatic rings. The topological polar surface area (TPSA) is 254 Å². The Labute approximate surface area is 570 Å². The predicted molar refractivity (Wildman–Crippen MR) is 374 cm³/mol. The normalized spacial score (nSPS) is 14.1. The molecule has 0 aromatic heterocycles. The number of halogens is 1. The number of ether oxygens (including phenoxy) is 12. The fourth-order valence-electron chi connectivity index (χ4n) is 10.1. The van der Waals surface area contributed by atoms with Crippen LogP contribution in [0.15, 0.2) is 151 Å². The van der Waals surface area contributed by atoms with Gasteiger partial charge >= 0.3 is 5.97 Å². The van der Waals surface area contributed by atoms with E-state index in [2.05, 4.69) is 20.7 Å². The molecule has 96 heavy (non-hydrogen) atoms. The summed E-state index contributed by atoms with van der Waals surface area (Å²) in [4.78, 5) is 79.5. The smallest absolute Gasteiger partial charge is 0.303 e. The molecule has 1 aliphatic carbocycles. The number of benzene rings is 6. The highest BCUT2D eigenvalue weighted by molar-refractivity contribution is 9.09. The third-order valence-electron chi connectivity index (χ3n) is 14.7. The van der Waals surface area contributed by atoms with E-state index >= 15 is 0 Å². The second-order valence-electron chi connectivity index (χ2n) is 20.3. The zero-order chi connectivity index (χ0) is 68.9. The first kappa shape index (κ1) is 79.9. The summed E-state index contributed by atoms with van der Waals surface area (Å²) < 4.78 is 63.4. The van der Waals surface area contributed by atoms with Crippen molar-refractivity contribution >= 4 is 81.2 Å². The molecule has 0 amide bonds. The molecule has 7 rings (SSSR count). The van der Waals surface area contributed by atoms with Gasteiger partial charge in [0.25, 0.3) is 0 Å². The molecule has 0 saturated heterocycles. The SMILES string of the molecule is C.C.CC(=O)OCBr.COc1ccc(/C=C/C(=O)C2CC(c3ccc(OC)c(OC)c3)(C(C(=O)/C=C/c3ccc(OC)c(OC)c3)C(=O)/C=C/c3ccc(OC)c(OC)c3)CC2=O)cc1OC.COc1ccc(/C=C/C(O)=C/C(=O)/C=C/c2ccc(OC)c(OC)c2)cc1CO. The molecule has 0 aliphatic heterocycles. The number of methoxy groups -OCH3 is 11. The molecular weight excluding hydrogens is 1300 g/mol. The Kier molecular flexibility index (Phi) is 33.3. The highest BCUT2D eigenvalue weighted by atomic mass is 79.9. The van der Waals surface area contributed by atoms with E-state index in [1.807, 2.05) is 0 Å². The van der Waals surface area contributed by atoms with E-state index in [0.717, 1.165) is 17.2 Å². The largest absolute Gasteiger partial charge is 0.508 e. The van der Waals surface area contributed by atoms with E-state index in [1.165, 1.54) is 108 Å². The van der Waals surface area contributed by atoms with Gasteiger partial charge in [0, 0.05) is 30.4 Å². The number of allylic oxidation sites excluding steroid dienone is 6. The van der Waals surface area contributed by atoms with Gasteiger partial charge in [-0.3, -0.25) is 28.8 Å². The summed E-state index contributed by atoms with van der Waals surface area (Å²) >= 11 is 2.91. The monoisotopic (exact) mass is 1380 g/mol. The summed E-state index contributed by atoms with van der Waals surface area (Å²) in [7, 11) is 16.6. The number of hydrogen-bond donors (Lipinski definition) is 2. The van der Waals surface area contributed by atoms with Crippen LogP contribution in [-0.2, 0) is 45.5 Å². The summed E-state index contributed by atoms with van der Waals surface area (Å²) in [6.07, 6.45) is 15.4. The van der Waals surface area contributed by atoms with Crippen LogP contribution in [-0.4, -0.2) is 129 Å². The first-order chi connectivity index (χ1) is 45.2. The third-order valence-corrected chi connectivity index (χ3v) is 15.0. The molecule has 0 bridgehead atoms. The summed E-state index contributed by atoms with van der Waals surface area (Å²) in [5.41, 5.74) is 3.22. The lowest BCUT2D eigenvalue weighted by molar-refractivity contribution is -0.138. The number of aliphatic hydroxyl groups excluding tert-OH is 2. The molecule has 0 spiro atoms. The predicted octanol–water partition coefficient (Wildman–Crippen LogP) is 13.6. The number of esters is 1. The average molecular weight is 1390 g/mol. The molecule has 2 unspecified atom stereocenters. The Morgan fingerprint density at radius 2 is 0.823 bits per heavy atom. The maximum Gasteiger partial charge on any atom is 0.303 e. The Bertz CT molecular complexity index is 3740. The molecule has 21 heteroatoms. The van der Waals surface area contributed by atoms with Crippen LogP contribution in [0.4, 0.5) is 0 Å². The van der Waals surface area contributed by atoms with Gasteiger partial charge in [0.15, 0.2) is 80.6 Å². The van der Waals surface area contributed by atoms with Crippen LogP contribution < -0.4 is 52.1 Å². The number of aliphatic hydroxyl groups is 2. The van der Waals surface area contributed by atoms with Gasteiger partial charge in [-0.2, -0.15) is 0 Å². The van der Waals surface area contributed by atoms with E-state index < -0.39 is 40.4 Å². The van der Waals surface area contributed by atoms with Crippen molar-refractivity contribution in [3.8, 4) is 63.2 Å². The first-order valence-electron chi connectivity index (χ1n) is 28.8. The number of hydrogen-bond acceptors (Lipinski definition) is 20. The van der Waals surface area contributed by atoms with Crippen molar-refractivity contribution in [2.45, 2.75) is 46.6 Å². The van der Waals surface area contributed by atoms with Crippen molar-refractivity contribution in [3.05, 3.63) is 190 Å². The molecule has 2 N–H and O–H groups in total. The summed E-state index contributed by atoms with van der Waals surface area (Å²) in [6.45, 7) is 1.20. The van der Waals surface area contributed by atoms with E-state index in [-0.39, 0.29) is 51.8 Å². The van der Waals surface area contributed by atoms with Crippen LogP contribution >= 0.6 is 15.9 Å². The number of carbonyl (C=O) groups excluding carboxylic acids is 6. The molecule has 20 nitrogen and oxygen atoms in total. The molecule has 0 heterocycles. The second-order valence-corrected chi connectivity index (χ2v) is 20.8. The zero-order valence-corrected chi connectivity index (χ0v) is 55.9. The van der Waals surface area contributed by atoms with Crippen LogP contribution in [0, 0.1) is 11.8 Å². The molecule has 0 radical (unpaired) electrons. The molecule has 2 atom stereocenters. The Balaban J connectivity index is 0.000000540. The number of Topliss-reactive ketones (excluding diaryl/α,β-unsaturated/α-hetero) is 1. The number of rotatable bonds is 29. The zero-order valence-electron chi connectivity index (χ0n) is 54.3. The van der Waals surface area contributed by atoms with Crippen LogP contribution in [0.5, 0.6) is 63.2 Å². The standard InChI is InChI=1S/C47H48O12.C23H24O6.C3H5BrO2.2CH4/c1-52-38-19-12-29(23-42(38)56-5)9-16-34(48)33-27-47(28-37(33)51,32-15-22-41(55-4)45(26-32)59-8)46(35(49)17-10-30-13-20-39(53-2)43(24-30)57-6)36(50)18-11-31-14-21-40(54-3)44(25-31)58-7;1-27-21-10-6-16(12-18(21)15-24)4-8-19(25)14-20(26)9-5-17-7-11-22(28-2)23(13-17)29-3;1-3(5)6-2-4;;/h9-26,33,46H,27-28H2,1-8H3;4-14,24-25H,15H2,1-3H3;2H2,1H3;2*1H4/b16-9+,17-10+,18-11+;8-4+,9-5+,19-14-;;;. The maximum absolute atomic E-state index is 14.8. The summed E-state index contributed by atoms with van der Waals surface area (Å²) in [6, 6.07) is 30.9. The van der Waals surface area contributed by atoms with Crippen molar-refractivity contribution in [1.82, 2.24) is 0 Å². The number of alkyl halides is 1. The Morgan fingerprint density at radius 1 is 0.479 bits per heavy atom. The molecule has 512 valence electrons. The second kappa shape index (κ2) is 40.0. The van der Waals surface area contributed by atoms with Crippen molar-refractivity contribution in [2.75, 3.05) is 83.7 Å². The fraction of sp³-hybridized carbons (Fsp3) is 0.280. The summed E-state index contributed by atoms with van der Waals surface area (Å²) in [5, 5.41) is 19.3. The molecule has 6 aromatic rings. The first-order valence-corrected chi connectivity index (χ1v) is 30.0. The fourth-order valence-corrected chi connectivity index (χ4v) is 10.4. The van der Waals surface area contributed by atoms with Crippen LogP contribution in [0.25, 0.3) is 30.4 Å². The van der Waals surface area contributed by atoms with Gasteiger partial charge in [-0.25, -0.2) is 0 Å². The Morgan fingerprint density at radius 3 is 1.19 bits per heavy atom. The van der Waals surface area contributed by atoms with Crippen molar-refractivity contribution in [2.24, 2.45) is 11.8 Å². The van der Waals surface area contributed by atoms with Crippen molar-refractivity contribution in [1.29, 1.82) is 0 Å². The van der Waals surface area contributed by atoms with Gasteiger partial charge in [0.05, 0.1) is 96.7 Å². The van der Waals surface area contributed by atoms with Gasteiger partial charge < -0.3 is 67.1 Å². The van der Waals surface area contributed by atoms with Crippen LogP contribution in [0.1, 0.15) is 73.6 Å². The Hall–Kier alpha value is -10.4. The highest BCUT2D eigenvalue weighted by Crippen LogP contribution is 2.51. The summed E-state index contributed by atoms with van der Waals surface area (Å²) in [5.74, 6) is -0.194. The van der Waals surface area contributed by atoms with E-state index in [1.54, 1.807) is 147 Å². The minimum Gasteiger partial charge on any atom is -0.508 e. The average Bonchev–Trinajstić information content (AvgIpc) is 1.56. The minimum absolute atomic E-state index is 0. The molecule has 1 fully saturated rings. The molecular formula is C75H85BrO20. The number of carbonyl (C=O) groups is 6. The van der Waals surface area contributed by atoms with Gasteiger partial charge in [0.2, 0.25) is 0 Å². The number of ketones is 5. The lowest BCUT2D eigenvalue weighted by Crippen LogP contribution is -2.42. The highest BCUT2D eigenvalue weighted by Gasteiger charge is 2.56. The van der Waals surface area contributed by atoms with E-state index in [0.29, 0.717) is 96.6 Å². The van der Waals surface area contributed by atoms with Crippen LogP contribution in [0.2, 0.25) is 0 Å². The van der Waals surface area contributed by atoms with Crippen LogP contribution in [0.3, 0.4) is 0 Å². The minimum atomic E-state index is -1.49. The van der Waals surface area contributed by atoms with E-state index in [9.17, 15) is 39.0 Å². The third kappa shape index (κ3) is 21.9. The quantitative estimate of drug-likeness (QED) is 0.0110. The van der Waals surface area contributed by atoms with Crippen molar-refractivity contribution < 1.29 is 95.8 Å². The lowest BCUT2D eigenvalue weighted by Gasteiger charge is -2.35. The van der Waals surface area contributed by atoms with Gasteiger partial charge in [0.1, 0.15) is 22.8 Å². The van der Waals surface area contributed by atoms with E-state index in [4.69, 9.17) is 52.1 Å². The maximum atomic E-state index is 14.8. The van der Waals surface area contributed by atoms with Gasteiger partial charge in [-0.1, -0.05) is 81.6 Å². The van der Waals surface area contributed by atoms with Gasteiger partial charge in [-0.15, -0.1) is 0 Å². The van der Waals surface area contributed by atoms with Crippen molar-refractivity contribution in [3.63, 3.8) is 0 Å². The van der Waals surface area contributed by atoms with Gasteiger partial charge in [-0.05, 0) is 159 Å². The molecule has 1 saturated carbocycles.